The Labute approximate surface area is 175 Å². The molecule has 1 aliphatic rings. The number of rotatable bonds is 9. The Morgan fingerprint density at radius 2 is 1.77 bits per heavy atom. The van der Waals surface area contributed by atoms with Crippen molar-refractivity contribution in [2.75, 3.05) is 71.6 Å². The molecule has 148 valence electrons. The quantitative estimate of drug-likeness (QED) is 0.257. The minimum absolute atomic E-state index is 0. The van der Waals surface area contributed by atoms with E-state index in [4.69, 9.17) is 9.47 Å². The molecule has 1 saturated heterocycles. The third kappa shape index (κ3) is 8.09. The van der Waals surface area contributed by atoms with Crippen LogP contribution < -0.4 is 10.2 Å². The Bertz CT molecular complexity index is 494. The molecule has 1 fully saturated rings. The summed E-state index contributed by atoms with van der Waals surface area (Å²) < 4.78 is 10.4. The van der Waals surface area contributed by atoms with Crippen LogP contribution in [0, 0.1) is 0 Å². The van der Waals surface area contributed by atoms with E-state index in [2.05, 4.69) is 50.4 Å². The van der Waals surface area contributed by atoms with Crippen molar-refractivity contribution in [3.05, 3.63) is 30.3 Å². The van der Waals surface area contributed by atoms with Gasteiger partial charge in [-0.3, -0.25) is 4.99 Å². The van der Waals surface area contributed by atoms with Gasteiger partial charge in [-0.05, 0) is 25.0 Å². The summed E-state index contributed by atoms with van der Waals surface area (Å²) in [6, 6.07) is 10.6. The molecule has 0 spiro atoms. The van der Waals surface area contributed by atoms with Gasteiger partial charge >= 0.3 is 0 Å². The molecule has 0 amide bonds. The Morgan fingerprint density at radius 3 is 2.42 bits per heavy atom. The number of hydrogen-bond donors (Lipinski definition) is 1. The minimum Gasteiger partial charge on any atom is -0.382 e. The van der Waals surface area contributed by atoms with E-state index in [1.807, 2.05) is 7.05 Å². The van der Waals surface area contributed by atoms with Gasteiger partial charge in [0.25, 0.3) is 0 Å². The summed E-state index contributed by atoms with van der Waals surface area (Å²) in [7, 11) is 3.55. The maximum atomic E-state index is 5.48. The lowest BCUT2D eigenvalue weighted by Crippen LogP contribution is -2.52. The zero-order chi connectivity index (χ0) is 17.7. The molecule has 0 aliphatic carbocycles. The third-order valence-corrected chi connectivity index (χ3v) is 4.34. The average molecular weight is 476 g/mol. The zero-order valence-electron chi connectivity index (χ0n) is 16.0. The van der Waals surface area contributed by atoms with Crippen LogP contribution in [0.1, 0.15) is 12.8 Å². The number of piperazine rings is 1. The van der Waals surface area contributed by atoms with E-state index in [0.717, 1.165) is 58.1 Å². The standard InChI is InChI=1S/C19H32N4O2.HI/c1-20-19(21-10-6-7-15-25-17-16-24-2)23-13-11-22(12-14-23)18-8-4-3-5-9-18;/h3-5,8-9H,6-7,10-17H2,1-2H3,(H,20,21);1H. The molecular weight excluding hydrogens is 443 g/mol. The molecule has 26 heavy (non-hydrogen) atoms. The summed E-state index contributed by atoms with van der Waals surface area (Å²) in [5.74, 6) is 1.01. The normalized spacial score (nSPS) is 14.9. The first-order valence-electron chi connectivity index (χ1n) is 9.17. The van der Waals surface area contributed by atoms with Crippen molar-refractivity contribution in [2.24, 2.45) is 4.99 Å². The zero-order valence-corrected chi connectivity index (χ0v) is 18.4. The highest BCUT2D eigenvalue weighted by Gasteiger charge is 2.19. The van der Waals surface area contributed by atoms with Crippen molar-refractivity contribution in [3.63, 3.8) is 0 Å². The highest BCUT2D eigenvalue weighted by atomic mass is 127. The van der Waals surface area contributed by atoms with E-state index in [9.17, 15) is 0 Å². The first-order valence-corrected chi connectivity index (χ1v) is 9.17. The van der Waals surface area contributed by atoms with Crippen LogP contribution in [0.5, 0.6) is 0 Å². The number of nitrogens with zero attached hydrogens (tertiary/aromatic N) is 3. The van der Waals surface area contributed by atoms with E-state index in [1.54, 1.807) is 7.11 Å². The number of unbranched alkanes of at least 4 members (excludes halogenated alkanes) is 1. The highest BCUT2D eigenvalue weighted by Crippen LogP contribution is 2.15. The molecule has 1 aromatic rings. The monoisotopic (exact) mass is 476 g/mol. The largest absolute Gasteiger partial charge is 0.382 e. The van der Waals surface area contributed by atoms with E-state index in [-0.39, 0.29) is 24.0 Å². The average Bonchev–Trinajstić information content (AvgIpc) is 2.68. The van der Waals surface area contributed by atoms with Crippen LogP contribution in [0.15, 0.2) is 35.3 Å². The van der Waals surface area contributed by atoms with E-state index in [0.29, 0.717) is 13.2 Å². The van der Waals surface area contributed by atoms with Crippen LogP contribution in [0.2, 0.25) is 0 Å². The van der Waals surface area contributed by atoms with Gasteiger partial charge in [0, 0.05) is 59.2 Å². The van der Waals surface area contributed by atoms with Gasteiger partial charge in [-0.1, -0.05) is 18.2 Å². The number of aliphatic imine (C=N–C) groups is 1. The fourth-order valence-electron chi connectivity index (χ4n) is 2.92. The summed E-state index contributed by atoms with van der Waals surface area (Å²) in [5, 5.41) is 3.47. The van der Waals surface area contributed by atoms with Crippen LogP contribution in [-0.2, 0) is 9.47 Å². The molecule has 1 heterocycles. The lowest BCUT2D eigenvalue weighted by atomic mass is 10.2. The maximum Gasteiger partial charge on any atom is 0.193 e. The predicted octanol–water partition coefficient (Wildman–Crippen LogP) is 2.45. The molecule has 2 rings (SSSR count). The molecule has 1 N–H and O–H groups in total. The molecule has 6 nitrogen and oxygen atoms in total. The van der Waals surface area contributed by atoms with Gasteiger partial charge in [-0.15, -0.1) is 24.0 Å². The lowest BCUT2D eigenvalue weighted by molar-refractivity contribution is 0.0689. The number of para-hydroxylation sites is 1. The Kier molecular flexibility index (Phi) is 12.4. The predicted molar refractivity (Wildman–Crippen MR) is 119 cm³/mol. The van der Waals surface area contributed by atoms with Crippen molar-refractivity contribution in [2.45, 2.75) is 12.8 Å². The summed E-state index contributed by atoms with van der Waals surface area (Å²) in [5.41, 5.74) is 1.30. The molecule has 7 heteroatoms. The summed E-state index contributed by atoms with van der Waals surface area (Å²) in [6.45, 7) is 7.11. The minimum atomic E-state index is 0. The number of hydrogen-bond acceptors (Lipinski definition) is 4. The van der Waals surface area contributed by atoms with Crippen LogP contribution >= 0.6 is 24.0 Å². The molecule has 0 aromatic heterocycles. The fourth-order valence-corrected chi connectivity index (χ4v) is 2.92. The van der Waals surface area contributed by atoms with Gasteiger partial charge in [-0.25, -0.2) is 0 Å². The van der Waals surface area contributed by atoms with Crippen LogP contribution in [0.4, 0.5) is 5.69 Å². The van der Waals surface area contributed by atoms with Gasteiger partial charge in [-0.2, -0.15) is 0 Å². The van der Waals surface area contributed by atoms with Gasteiger partial charge < -0.3 is 24.6 Å². The number of methoxy groups -OCH3 is 1. The molecule has 1 aliphatic heterocycles. The van der Waals surface area contributed by atoms with Crippen molar-refractivity contribution >= 4 is 35.6 Å². The Hall–Kier alpha value is -1.06. The Morgan fingerprint density at radius 1 is 1.04 bits per heavy atom. The number of anilines is 1. The second-order valence-electron chi connectivity index (χ2n) is 6.10. The first kappa shape index (κ1) is 23.0. The lowest BCUT2D eigenvalue weighted by Gasteiger charge is -2.37. The Balaban J connectivity index is 0.00000338. The number of ether oxygens (including phenoxy) is 2. The van der Waals surface area contributed by atoms with E-state index in [1.165, 1.54) is 5.69 Å². The summed E-state index contributed by atoms with van der Waals surface area (Å²) in [6.07, 6.45) is 2.13. The molecule has 0 saturated carbocycles. The van der Waals surface area contributed by atoms with Crippen molar-refractivity contribution in [1.29, 1.82) is 0 Å². The fraction of sp³-hybridized carbons (Fsp3) is 0.632. The second kappa shape index (κ2) is 14.1. The van der Waals surface area contributed by atoms with Crippen molar-refractivity contribution in [3.8, 4) is 0 Å². The maximum absolute atomic E-state index is 5.48. The second-order valence-corrected chi connectivity index (χ2v) is 6.10. The van der Waals surface area contributed by atoms with Crippen LogP contribution in [-0.4, -0.2) is 77.6 Å². The van der Waals surface area contributed by atoms with E-state index >= 15 is 0 Å². The summed E-state index contributed by atoms with van der Waals surface area (Å²) >= 11 is 0. The molecular formula is C19H33IN4O2. The molecule has 0 unspecified atom stereocenters. The van der Waals surface area contributed by atoms with Gasteiger partial charge in [0.15, 0.2) is 5.96 Å². The third-order valence-electron chi connectivity index (χ3n) is 4.34. The van der Waals surface area contributed by atoms with Crippen molar-refractivity contribution < 1.29 is 9.47 Å². The van der Waals surface area contributed by atoms with Gasteiger partial charge in [0.2, 0.25) is 0 Å². The van der Waals surface area contributed by atoms with Gasteiger partial charge in [0.1, 0.15) is 0 Å². The number of benzene rings is 1. The molecule has 0 bridgehead atoms. The number of guanidine groups is 1. The number of nitrogens with one attached hydrogen (secondary N) is 1. The topological polar surface area (TPSA) is 49.3 Å². The van der Waals surface area contributed by atoms with Crippen LogP contribution in [0.3, 0.4) is 0 Å². The van der Waals surface area contributed by atoms with Crippen molar-refractivity contribution in [1.82, 2.24) is 10.2 Å². The molecule has 1 aromatic carbocycles. The molecule has 0 radical (unpaired) electrons. The molecule has 0 atom stereocenters. The highest BCUT2D eigenvalue weighted by molar-refractivity contribution is 14.0. The SMILES string of the molecule is CN=C(NCCCCOCCOC)N1CCN(c2ccccc2)CC1.I. The van der Waals surface area contributed by atoms with Crippen LogP contribution in [0.25, 0.3) is 0 Å². The van der Waals surface area contributed by atoms with E-state index < -0.39 is 0 Å². The number of halogens is 1. The smallest absolute Gasteiger partial charge is 0.193 e. The summed E-state index contributed by atoms with van der Waals surface area (Å²) in [4.78, 5) is 9.21. The first-order chi connectivity index (χ1) is 12.3. The van der Waals surface area contributed by atoms with Gasteiger partial charge in [0.05, 0.1) is 13.2 Å².